The number of rotatable bonds is 4. The quantitative estimate of drug-likeness (QED) is 0.273. The van der Waals surface area contributed by atoms with E-state index in [1.165, 1.54) is 25.7 Å². The molecule has 74 valence electrons. The van der Waals surface area contributed by atoms with Gasteiger partial charge in [-0.25, -0.2) is 0 Å². The minimum absolute atomic E-state index is 0.559. The van der Waals surface area contributed by atoms with Crippen molar-refractivity contribution in [3.05, 3.63) is 10.4 Å². The number of azide groups is 1. The van der Waals surface area contributed by atoms with E-state index in [1.807, 2.05) is 0 Å². The highest BCUT2D eigenvalue weighted by Gasteiger charge is 2.29. The van der Waals surface area contributed by atoms with Crippen molar-refractivity contribution in [2.45, 2.75) is 46.0 Å². The smallest absolute Gasteiger partial charge is 0.0258 e. The van der Waals surface area contributed by atoms with E-state index >= 15 is 0 Å². The maximum atomic E-state index is 8.10. The third-order valence-corrected chi connectivity index (χ3v) is 3.00. The maximum Gasteiger partial charge on any atom is 0.0258 e. The summed E-state index contributed by atoms with van der Waals surface area (Å²) in [7, 11) is 0. The summed E-state index contributed by atoms with van der Waals surface area (Å²) >= 11 is 0. The number of nitrogens with zero attached hydrogens (tertiary/aromatic N) is 3. The molecule has 0 radical (unpaired) electrons. The van der Waals surface area contributed by atoms with E-state index in [-0.39, 0.29) is 0 Å². The van der Waals surface area contributed by atoms with E-state index in [4.69, 9.17) is 5.53 Å². The van der Waals surface area contributed by atoms with Crippen molar-refractivity contribution in [2.24, 2.45) is 16.4 Å². The summed E-state index contributed by atoms with van der Waals surface area (Å²) in [6, 6.07) is 0. The van der Waals surface area contributed by atoms with Crippen LogP contribution in [0.1, 0.15) is 46.0 Å². The van der Waals surface area contributed by atoms with Crippen molar-refractivity contribution in [3.8, 4) is 0 Å². The molecular formula is C10H19N3. The highest BCUT2D eigenvalue weighted by atomic mass is 15.1. The van der Waals surface area contributed by atoms with Crippen LogP contribution in [0.4, 0.5) is 0 Å². The van der Waals surface area contributed by atoms with Gasteiger partial charge in [0.25, 0.3) is 0 Å². The highest BCUT2D eigenvalue weighted by Crippen LogP contribution is 2.42. The largest absolute Gasteiger partial charge is 0.0940 e. The van der Waals surface area contributed by atoms with Crippen LogP contribution < -0.4 is 0 Å². The zero-order valence-corrected chi connectivity index (χ0v) is 8.66. The molecule has 1 aliphatic carbocycles. The predicted molar refractivity (Wildman–Crippen MR) is 54.4 cm³/mol. The van der Waals surface area contributed by atoms with Gasteiger partial charge in [-0.3, -0.25) is 0 Å². The standard InChI is InChI=1S/C10H19N3/c1-10(2)6-5-9(8-10)4-3-7-12-13-11/h9H,3-8H2,1-2H3. The van der Waals surface area contributed by atoms with Gasteiger partial charge >= 0.3 is 0 Å². The number of hydrogen-bond donors (Lipinski definition) is 0. The first kappa shape index (κ1) is 10.4. The summed E-state index contributed by atoms with van der Waals surface area (Å²) < 4.78 is 0. The lowest BCUT2D eigenvalue weighted by atomic mass is 9.89. The second kappa shape index (κ2) is 4.52. The van der Waals surface area contributed by atoms with Crippen molar-refractivity contribution in [2.75, 3.05) is 6.54 Å². The van der Waals surface area contributed by atoms with Gasteiger partial charge < -0.3 is 0 Å². The Morgan fingerprint density at radius 3 is 2.85 bits per heavy atom. The first-order valence-electron chi connectivity index (χ1n) is 5.15. The lowest BCUT2D eigenvalue weighted by Crippen LogP contribution is -2.05. The first-order chi connectivity index (χ1) is 6.14. The zero-order valence-electron chi connectivity index (χ0n) is 8.66. The lowest BCUT2D eigenvalue weighted by Gasteiger charge is -2.16. The molecule has 0 saturated heterocycles. The van der Waals surface area contributed by atoms with Crippen LogP contribution in [-0.4, -0.2) is 6.54 Å². The van der Waals surface area contributed by atoms with Crippen LogP contribution in [0.3, 0.4) is 0 Å². The Hall–Kier alpha value is -0.690. The second-order valence-electron chi connectivity index (χ2n) is 4.87. The van der Waals surface area contributed by atoms with Gasteiger partial charge in [0.1, 0.15) is 0 Å². The fourth-order valence-electron chi connectivity index (χ4n) is 2.32. The number of hydrogen-bond acceptors (Lipinski definition) is 1. The van der Waals surface area contributed by atoms with Gasteiger partial charge in [-0.05, 0) is 42.5 Å². The van der Waals surface area contributed by atoms with Crippen LogP contribution in [0.15, 0.2) is 5.11 Å². The van der Waals surface area contributed by atoms with Gasteiger partial charge in [0.2, 0.25) is 0 Å². The molecule has 1 rings (SSSR count). The maximum absolute atomic E-state index is 8.10. The van der Waals surface area contributed by atoms with E-state index in [1.54, 1.807) is 0 Å². The summed E-state index contributed by atoms with van der Waals surface area (Å²) in [5.74, 6) is 0.879. The van der Waals surface area contributed by atoms with Crippen molar-refractivity contribution in [3.63, 3.8) is 0 Å². The molecule has 0 spiro atoms. The molecule has 3 nitrogen and oxygen atoms in total. The van der Waals surface area contributed by atoms with Gasteiger partial charge in [0.05, 0.1) is 0 Å². The molecule has 0 aliphatic heterocycles. The van der Waals surface area contributed by atoms with Crippen LogP contribution in [-0.2, 0) is 0 Å². The highest BCUT2D eigenvalue weighted by molar-refractivity contribution is 4.81. The zero-order chi connectivity index (χ0) is 9.73. The van der Waals surface area contributed by atoms with Gasteiger partial charge in [-0.15, -0.1) is 0 Å². The molecule has 0 amide bonds. The molecule has 1 aliphatic rings. The molecule has 3 heteroatoms. The predicted octanol–water partition coefficient (Wildman–Crippen LogP) is 3.90. The Bertz CT molecular complexity index is 204. The van der Waals surface area contributed by atoms with Gasteiger partial charge in [-0.1, -0.05) is 25.4 Å². The van der Waals surface area contributed by atoms with E-state index in [0.29, 0.717) is 12.0 Å². The van der Waals surface area contributed by atoms with Crippen LogP contribution in [0.5, 0.6) is 0 Å². The molecule has 0 aromatic heterocycles. The fraction of sp³-hybridized carbons (Fsp3) is 1.00. The third kappa shape index (κ3) is 3.69. The Morgan fingerprint density at radius 2 is 2.31 bits per heavy atom. The van der Waals surface area contributed by atoms with E-state index in [0.717, 1.165) is 12.3 Å². The van der Waals surface area contributed by atoms with Crippen LogP contribution in [0.2, 0.25) is 0 Å². The normalized spacial score (nSPS) is 25.5. The third-order valence-electron chi connectivity index (χ3n) is 3.00. The summed E-state index contributed by atoms with van der Waals surface area (Å²) in [6.07, 6.45) is 6.37. The first-order valence-corrected chi connectivity index (χ1v) is 5.15. The molecule has 0 aromatic rings. The Kier molecular flexibility index (Phi) is 3.61. The average Bonchev–Trinajstić information content (AvgIpc) is 2.40. The monoisotopic (exact) mass is 181 g/mol. The van der Waals surface area contributed by atoms with Crippen molar-refractivity contribution >= 4 is 0 Å². The molecule has 0 heterocycles. The molecule has 0 bridgehead atoms. The molecule has 0 aromatic carbocycles. The van der Waals surface area contributed by atoms with Gasteiger partial charge in [0, 0.05) is 11.5 Å². The van der Waals surface area contributed by atoms with Crippen molar-refractivity contribution < 1.29 is 0 Å². The lowest BCUT2D eigenvalue weighted by molar-refractivity contribution is 0.352. The van der Waals surface area contributed by atoms with Crippen molar-refractivity contribution in [1.82, 2.24) is 0 Å². The minimum Gasteiger partial charge on any atom is -0.0940 e. The Morgan fingerprint density at radius 1 is 1.54 bits per heavy atom. The fourth-order valence-corrected chi connectivity index (χ4v) is 2.32. The van der Waals surface area contributed by atoms with E-state index < -0.39 is 0 Å². The molecule has 0 N–H and O–H groups in total. The molecular weight excluding hydrogens is 162 g/mol. The summed E-state index contributed by atoms with van der Waals surface area (Å²) in [5.41, 5.74) is 8.66. The average molecular weight is 181 g/mol. The van der Waals surface area contributed by atoms with Crippen LogP contribution >= 0.6 is 0 Å². The van der Waals surface area contributed by atoms with E-state index in [9.17, 15) is 0 Å². The van der Waals surface area contributed by atoms with Crippen molar-refractivity contribution in [1.29, 1.82) is 0 Å². The van der Waals surface area contributed by atoms with E-state index in [2.05, 4.69) is 23.9 Å². The minimum atomic E-state index is 0.559. The van der Waals surface area contributed by atoms with Gasteiger partial charge in [0.15, 0.2) is 0 Å². The van der Waals surface area contributed by atoms with Gasteiger partial charge in [-0.2, -0.15) is 0 Å². The SMILES string of the molecule is CC1(C)CCC(CCCN=[N+]=[N-])C1. The second-order valence-corrected chi connectivity index (χ2v) is 4.87. The van der Waals surface area contributed by atoms with Crippen LogP contribution in [0.25, 0.3) is 10.4 Å². The molecule has 1 fully saturated rings. The molecule has 1 saturated carbocycles. The summed E-state index contributed by atoms with van der Waals surface area (Å²) in [5, 5.41) is 3.55. The topological polar surface area (TPSA) is 48.8 Å². The molecule has 1 unspecified atom stereocenters. The summed E-state index contributed by atoms with van der Waals surface area (Å²) in [4.78, 5) is 2.75. The molecule has 1 atom stereocenters. The summed E-state index contributed by atoms with van der Waals surface area (Å²) in [6.45, 7) is 5.37. The molecule has 13 heavy (non-hydrogen) atoms. The van der Waals surface area contributed by atoms with Crippen LogP contribution in [0, 0.1) is 11.3 Å². The Balaban J connectivity index is 2.14. The Labute approximate surface area is 80.2 Å².